The van der Waals surface area contributed by atoms with Gasteiger partial charge in [0.15, 0.2) is 0 Å². The maximum absolute atomic E-state index is 6.08. The molecule has 0 heterocycles. The Bertz CT molecular complexity index is 425. The first kappa shape index (κ1) is 15.4. The normalized spacial score (nSPS) is 17.8. The largest absolute Gasteiger partial charge is 0.493 e. The Hall–Kier alpha value is -1.02. The first-order chi connectivity index (χ1) is 9.63. The first-order valence-corrected chi connectivity index (χ1v) is 8.15. The van der Waals surface area contributed by atoms with Crippen LogP contribution in [-0.2, 0) is 6.42 Å². The van der Waals surface area contributed by atoms with E-state index < -0.39 is 0 Å². The summed E-state index contributed by atoms with van der Waals surface area (Å²) in [6.45, 7) is 7.55. The van der Waals surface area contributed by atoms with Crippen LogP contribution in [0.2, 0.25) is 0 Å². The minimum atomic E-state index is 0.262. The van der Waals surface area contributed by atoms with E-state index in [9.17, 15) is 0 Å². The van der Waals surface area contributed by atoms with Gasteiger partial charge in [0, 0.05) is 6.04 Å². The van der Waals surface area contributed by atoms with Crippen LogP contribution in [0, 0.1) is 5.92 Å². The number of nitrogens with two attached hydrogens (primary N) is 1. The molecule has 0 amide bonds. The summed E-state index contributed by atoms with van der Waals surface area (Å²) in [7, 11) is 0. The fraction of sp³-hybridized carbons (Fsp3) is 0.667. The zero-order valence-electron chi connectivity index (χ0n) is 13.2. The molecule has 2 N–H and O–H groups in total. The van der Waals surface area contributed by atoms with Crippen molar-refractivity contribution < 1.29 is 4.74 Å². The Morgan fingerprint density at radius 3 is 2.60 bits per heavy atom. The molecule has 1 saturated carbocycles. The van der Waals surface area contributed by atoms with E-state index in [2.05, 4.69) is 39.0 Å². The number of hydrogen-bond acceptors (Lipinski definition) is 2. The van der Waals surface area contributed by atoms with Crippen LogP contribution in [0.15, 0.2) is 18.2 Å². The molecule has 1 fully saturated rings. The minimum Gasteiger partial charge on any atom is -0.493 e. The van der Waals surface area contributed by atoms with E-state index >= 15 is 0 Å². The van der Waals surface area contributed by atoms with Crippen LogP contribution in [-0.4, -0.2) is 12.6 Å². The third-order valence-electron chi connectivity index (χ3n) is 4.41. The van der Waals surface area contributed by atoms with Crippen molar-refractivity contribution in [2.24, 2.45) is 11.7 Å². The summed E-state index contributed by atoms with van der Waals surface area (Å²) in [6.07, 6.45) is 5.80. The van der Waals surface area contributed by atoms with Crippen molar-refractivity contribution in [3.63, 3.8) is 0 Å². The number of benzene rings is 1. The zero-order chi connectivity index (χ0) is 14.5. The summed E-state index contributed by atoms with van der Waals surface area (Å²) in [4.78, 5) is 0. The Morgan fingerprint density at radius 1 is 1.25 bits per heavy atom. The molecular weight excluding hydrogens is 246 g/mol. The van der Waals surface area contributed by atoms with Crippen LogP contribution in [0.3, 0.4) is 0 Å². The highest BCUT2D eigenvalue weighted by atomic mass is 16.5. The predicted molar refractivity (Wildman–Crippen MR) is 85.3 cm³/mol. The SMILES string of the molecule is CCC(N)Cc1ccc(OCC2CC2)c(C(C)CC)c1. The van der Waals surface area contributed by atoms with Crippen LogP contribution < -0.4 is 10.5 Å². The van der Waals surface area contributed by atoms with Gasteiger partial charge in [0.05, 0.1) is 6.61 Å². The summed E-state index contributed by atoms with van der Waals surface area (Å²) in [6, 6.07) is 6.91. The molecule has 20 heavy (non-hydrogen) atoms. The maximum Gasteiger partial charge on any atom is 0.122 e. The molecule has 0 spiro atoms. The standard InChI is InChI=1S/C18H29NO/c1-4-13(3)17-11-15(10-16(19)5-2)8-9-18(17)20-12-14-6-7-14/h8-9,11,13-14,16H,4-7,10,12,19H2,1-3H3. The lowest BCUT2D eigenvalue weighted by Crippen LogP contribution is -2.21. The highest BCUT2D eigenvalue weighted by Gasteiger charge is 2.23. The molecule has 2 atom stereocenters. The molecule has 0 saturated heterocycles. The molecule has 0 radical (unpaired) electrons. The van der Waals surface area contributed by atoms with Crippen LogP contribution >= 0.6 is 0 Å². The Kier molecular flexibility index (Phi) is 5.47. The van der Waals surface area contributed by atoms with Crippen molar-refractivity contribution in [1.82, 2.24) is 0 Å². The molecule has 2 heteroatoms. The maximum atomic E-state index is 6.08. The summed E-state index contributed by atoms with van der Waals surface area (Å²) < 4.78 is 6.04. The van der Waals surface area contributed by atoms with Crippen molar-refractivity contribution in [2.75, 3.05) is 6.61 Å². The Labute approximate surface area is 123 Å². The highest BCUT2D eigenvalue weighted by molar-refractivity contribution is 5.40. The van der Waals surface area contributed by atoms with Crippen molar-refractivity contribution in [3.8, 4) is 5.75 Å². The molecule has 0 aliphatic heterocycles. The summed E-state index contributed by atoms with van der Waals surface area (Å²) in [5.41, 5.74) is 8.77. The molecule has 112 valence electrons. The quantitative estimate of drug-likeness (QED) is 0.769. The van der Waals surface area contributed by atoms with Crippen molar-refractivity contribution >= 4 is 0 Å². The van der Waals surface area contributed by atoms with Crippen LogP contribution in [0.5, 0.6) is 5.75 Å². The van der Waals surface area contributed by atoms with Gasteiger partial charge in [-0.25, -0.2) is 0 Å². The lowest BCUT2D eigenvalue weighted by Gasteiger charge is -2.18. The molecule has 0 bridgehead atoms. The molecule has 2 rings (SSSR count). The van der Waals surface area contributed by atoms with Gasteiger partial charge in [-0.1, -0.05) is 32.9 Å². The van der Waals surface area contributed by atoms with E-state index in [-0.39, 0.29) is 6.04 Å². The smallest absolute Gasteiger partial charge is 0.122 e. The van der Waals surface area contributed by atoms with E-state index in [4.69, 9.17) is 10.5 Å². The molecule has 2 nitrogen and oxygen atoms in total. The van der Waals surface area contributed by atoms with Crippen molar-refractivity contribution in [2.45, 2.75) is 64.8 Å². The van der Waals surface area contributed by atoms with E-state index in [1.165, 1.54) is 24.0 Å². The highest BCUT2D eigenvalue weighted by Crippen LogP contribution is 2.33. The van der Waals surface area contributed by atoms with E-state index in [0.717, 1.165) is 37.5 Å². The average Bonchev–Trinajstić information content (AvgIpc) is 3.29. The van der Waals surface area contributed by atoms with E-state index in [1.807, 2.05) is 0 Å². The minimum absolute atomic E-state index is 0.262. The van der Waals surface area contributed by atoms with E-state index in [0.29, 0.717) is 5.92 Å². The summed E-state index contributed by atoms with van der Waals surface area (Å²) in [5.74, 6) is 2.43. The van der Waals surface area contributed by atoms with Gasteiger partial charge in [0.25, 0.3) is 0 Å². The Morgan fingerprint density at radius 2 is 2.00 bits per heavy atom. The molecule has 0 aromatic heterocycles. The van der Waals surface area contributed by atoms with Gasteiger partial charge in [0.1, 0.15) is 5.75 Å². The van der Waals surface area contributed by atoms with Gasteiger partial charge < -0.3 is 10.5 Å². The third kappa shape index (κ3) is 4.24. The second kappa shape index (κ2) is 7.12. The van der Waals surface area contributed by atoms with Gasteiger partial charge in [-0.3, -0.25) is 0 Å². The molecule has 1 aromatic rings. The van der Waals surface area contributed by atoms with Crippen molar-refractivity contribution in [1.29, 1.82) is 0 Å². The van der Waals surface area contributed by atoms with E-state index in [1.54, 1.807) is 0 Å². The van der Waals surface area contributed by atoms with Gasteiger partial charge in [-0.15, -0.1) is 0 Å². The number of hydrogen-bond donors (Lipinski definition) is 1. The number of ether oxygens (including phenoxy) is 1. The molecule has 1 aliphatic rings. The molecule has 2 unspecified atom stereocenters. The van der Waals surface area contributed by atoms with Crippen LogP contribution in [0.1, 0.15) is 63.5 Å². The van der Waals surface area contributed by atoms with Gasteiger partial charge >= 0.3 is 0 Å². The number of rotatable bonds is 8. The lowest BCUT2D eigenvalue weighted by molar-refractivity contribution is 0.295. The summed E-state index contributed by atoms with van der Waals surface area (Å²) >= 11 is 0. The molecule has 1 aliphatic carbocycles. The average molecular weight is 275 g/mol. The fourth-order valence-corrected chi connectivity index (χ4v) is 2.40. The van der Waals surface area contributed by atoms with Crippen LogP contribution in [0.25, 0.3) is 0 Å². The van der Waals surface area contributed by atoms with Gasteiger partial charge in [-0.05, 0) is 61.1 Å². The monoisotopic (exact) mass is 275 g/mol. The topological polar surface area (TPSA) is 35.2 Å². The molecule has 1 aromatic carbocycles. The predicted octanol–water partition coefficient (Wildman–Crippen LogP) is 4.27. The first-order valence-electron chi connectivity index (χ1n) is 8.15. The third-order valence-corrected chi connectivity index (χ3v) is 4.41. The summed E-state index contributed by atoms with van der Waals surface area (Å²) in [5, 5.41) is 0. The molecular formula is C18H29NO. The van der Waals surface area contributed by atoms with Crippen molar-refractivity contribution in [3.05, 3.63) is 29.3 Å². The van der Waals surface area contributed by atoms with Gasteiger partial charge in [-0.2, -0.15) is 0 Å². The van der Waals surface area contributed by atoms with Crippen LogP contribution in [0.4, 0.5) is 0 Å². The fourth-order valence-electron chi connectivity index (χ4n) is 2.40. The van der Waals surface area contributed by atoms with Gasteiger partial charge in [0.2, 0.25) is 0 Å². The Balaban J connectivity index is 2.12. The lowest BCUT2D eigenvalue weighted by atomic mass is 9.93. The second-order valence-electron chi connectivity index (χ2n) is 6.31. The zero-order valence-corrected chi connectivity index (χ0v) is 13.2. The second-order valence-corrected chi connectivity index (χ2v) is 6.31.